The summed E-state index contributed by atoms with van der Waals surface area (Å²) in [6.07, 6.45) is 18.3. The fourth-order valence-electron chi connectivity index (χ4n) is 0.757. The summed E-state index contributed by atoms with van der Waals surface area (Å²) in [5.74, 6) is 0. The zero-order valence-electron chi connectivity index (χ0n) is 8.70. The minimum absolute atomic E-state index is 1.25. The monoisotopic (exact) mass is 174 g/mol. The van der Waals surface area contributed by atoms with Gasteiger partial charge < -0.3 is 0 Å². The topological polar surface area (TPSA) is 0 Å². The van der Waals surface area contributed by atoms with E-state index in [1.807, 2.05) is 56.4 Å². The van der Waals surface area contributed by atoms with Crippen LogP contribution in [0.5, 0.6) is 0 Å². The van der Waals surface area contributed by atoms with Crippen molar-refractivity contribution in [1.29, 1.82) is 0 Å². The van der Waals surface area contributed by atoms with Crippen LogP contribution < -0.4 is 0 Å². The SMILES string of the molecule is C\C=C/C=C\C=C(C)\C=C\C=C\C. The fraction of sp³-hybridized carbons (Fsp3) is 0.231. The lowest BCUT2D eigenvalue weighted by molar-refractivity contribution is 1.52. The molecule has 70 valence electrons. The third kappa shape index (κ3) is 8.61. The average Bonchev–Trinajstić information content (AvgIpc) is 2.13. The fourth-order valence-corrected chi connectivity index (χ4v) is 0.757. The van der Waals surface area contributed by atoms with E-state index >= 15 is 0 Å². The van der Waals surface area contributed by atoms with Crippen LogP contribution >= 0.6 is 0 Å². The Balaban J connectivity index is 4.02. The molecule has 13 heavy (non-hydrogen) atoms. The largest absolute Gasteiger partial charge is 0.0877 e. The molecule has 0 aliphatic carbocycles. The Hall–Kier alpha value is -1.30. The maximum Gasteiger partial charge on any atom is -0.0398 e. The molecule has 0 unspecified atom stereocenters. The summed E-state index contributed by atoms with van der Waals surface area (Å²) in [5, 5.41) is 0. The smallest absolute Gasteiger partial charge is 0.0398 e. The van der Waals surface area contributed by atoms with Gasteiger partial charge in [0.25, 0.3) is 0 Å². The van der Waals surface area contributed by atoms with Crippen molar-refractivity contribution in [2.75, 3.05) is 0 Å². The Bertz CT molecular complexity index is 247. The van der Waals surface area contributed by atoms with Crippen molar-refractivity contribution in [3.05, 3.63) is 60.3 Å². The highest BCUT2D eigenvalue weighted by Crippen LogP contribution is 1.95. The molecule has 0 heteroatoms. The number of rotatable bonds is 4. The summed E-state index contributed by atoms with van der Waals surface area (Å²) >= 11 is 0. The van der Waals surface area contributed by atoms with E-state index in [2.05, 4.69) is 19.1 Å². The molecule has 0 saturated carbocycles. The highest BCUT2D eigenvalue weighted by Gasteiger charge is 1.74. The van der Waals surface area contributed by atoms with Gasteiger partial charge in [0.2, 0.25) is 0 Å². The molecule has 0 aromatic carbocycles. The summed E-state index contributed by atoms with van der Waals surface area (Å²) in [4.78, 5) is 0. The Kier molecular flexibility index (Phi) is 7.91. The van der Waals surface area contributed by atoms with Crippen molar-refractivity contribution in [3.63, 3.8) is 0 Å². The van der Waals surface area contributed by atoms with Gasteiger partial charge >= 0.3 is 0 Å². The summed E-state index contributed by atoms with van der Waals surface area (Å²) in [6, 6.07) is 0. The second kappa shape index (κ2) is 8.79. The van der Waals surface area contributed by atoms with Gasteiger partial charge in [-0.3, -0.25) is 0 Å². The molecule has 0 nitrogen and oxygen atoms in total. The van der Waals surface area contributed by atoms with Crippen molar-refractivity contribution in [1.82, 2.24) is 0 Å². The van der Waals surface area contributed by atoms with E-state index in [4.69, 9.17) is 0 Å². The predicted molar refractivity (Wildman–Crippen MR) is 61.7 cm³/mol. The summed E-state index contributed by atoms with van der Waals surface area (Å²) in [5.41, 5.74) is 1.25. The van der Waals surface area contributed by atoms with Crippen LogP contribution in [0.1, 0.15) is 20.8 Å². The molecule has 0 heterocycles. The molecule has 0 fully saturated rings. The van der Waals surface area contributed by atoms with Gasteiger partial charge in [-0.05, 0) is 20.8 Å². The Morgan fingerprint density at radius 3 is 2.00 bits per heavy atom. The first-order valence-corrected chi connectivity index (χ1v) is 4.57. The molecule has 0 aromatic heterocycles. The quantitative estimate of drug-likeness (QED) is 0.560. The summed E-state index contributed by atoms with van der Waals surface area (Å²) < 4.78 is 0. The molecular formula is C13H18. The van der Waals surface area contributed by atoms with Gasteiger partial charge in [-0.15, -0.1) is 0 Å². The highest BCUT2D eigenvalue weighted by molar-refractivity contribution is 5.25. The van der Waals surface area contributed by atoms with E-state index in [9.17, 15) is 0 Å². The minimum atomic E-state index is 1.25. The molecule has 0 rings (SSSR count). The Labute approximate surface area is 81.7 Å². The maximum atomic E-state index is 2.08. The van der Waals surface area contributed by atoms with E-state index < -0.39 is 0 Å². The molecule has 0 amide bonds. The first-order chi connectivity index (χ1) is 6.31. The van der Waals surface area contributed by atoms with E-state index in [1.54, 1.807) is 0 Å². The standard InChI is InChI=1S/C13H18/c1-4-6-8-10-12-13(3)11-9-7-5-2/h4-12H,1-3H3/b6-4-,7-5+,10-8-,11-9+,13-12+. The van der Waals surface area contributed by atoms with Gasteiger partial charge in [-0.25, -0.2) is 0 Å². The van der Waals surface area contributed by atoms with E-state index in [-0.39, 0.29) is 0 Å². The van der Waals surface area contributed by atoms with Crippen molar-refractivity contribution in [3.8, 4) is 0 Å². The third-order valence-electron chi connectivity index (χ3n) is 1.44. The summed E-state index contributed by atoms with van der Waals surface area (Å²) in [7, 11) is 0. The van der Waals surface area contributed by atoms with Gasteiger partial charge in [-0.1, -0.05) is 60.3 Å². The molecule has 0 spiro atoms. The maximum absolute atomic E-state index is 2.08. The zero-order valence-corrected chi connectivity index (χ0v) is 8.70. The van der Waals surface area contributed by atoms with Crippen LogP contribution in [0.4, 0.5) is 0 Å². The van der Waals surface area contributed by atoms with Gasteiger partial charge in [0.1, 0.15) is 0 Å². The second-order valence-electron chi connectivity index (χ2n) is 2.71. The van der Waals surface area contributed by atoms with Crippen LogP contribution in [-0.4, -0.2) is 0 Å². The zero-order chi connectivity index (χ0) is 9.94. The lowest BCUT2D eigenvalue weighted by Gasteiger charge is -1.85. The molecule has 0 N–H and O–H groups in total. The van der Waals surface area contributed by atoms with E-state index in [1.165, 1.54) is 5.57 Å². The molecular weight excluding hydrogens is 156 g/mol. The first-order valence-electron chi connectivity index (χ1n) is 4.57. The van der Waals surface area contributed by atoms with Crippen LogP contribution in [0.15, 0.2) is 60.3 Å². The van der Waals surface area contributed by atoms with Crippen LogP contribution in [0.25, 0.3) is 0 Å². The van der Waals surface area contributed by atoms with Crippen molar-refractivity contribution < 1.29 is 0 Å². The van der Waals surface area contributed by atoms with Gasteiger partial charge in [0, 0.05) is 0 Å². The van der Waals surface area contributed by atoms with Gasteiger partial charge in [0.05, 0.1) is 0 Å². The van der Waals surface area contributed by atoms with Crippen LogP contribution in [0, 0.1) is 0 Å². The number of hydrogen-bond donors (Lipinski definition) is 0. The third-order valence-corrected chi connectivity index (χ3v) is 1.44. The van der Waals surface area contributed by atoms with Gasteiger partial charge in [-0.2, -0.15) is 0 Å². The molecule has 0 aliphatic rings. The van der Waals surface area contributed by atoms with Crippen LogP contribution in [0.2, 0.25) is 0 Å². The molecule has 0 saturated heterocycles. The van der Waals surface area contributed by atoms with Crippen LogP contribution in [0.3, 0.4) is 0 Å². The lowest BCUT2D eigenvalue weighted by atomic mass is 10.2. The van der Waals surface area contributed by atoms with Crippen molar-refractivity contribution in [2.45, 2.75) is 20.8 Å². The van der Waals surface area contributed by atoms with Crippen molar-refractivity contribution >= 4 is 0 Å². The van der Waals surface area contributed by atoms with Crippen molar-refractivity contribution in [2.24, 2.45) is 0 Å². The molecule has 0 atom stereocenters. The molecule has 0 radical (unpaired) electrons. The normalized spacial score (nSPS) is 14.5. The predicted octanol–water partition coefficient (Wildman–Crippen LogP) is 4.20. The number of hydrogen-bond acceptors (Lipinski definition) is 0. The first kappa shape index (κ1) is 11.7. The average molecular weight is 174 g/mol. The number of allylic oxidation sites excluding steroid dienone is 10. The molecule has 0 bridgehead atoms. The molecule has 0 aliphatic heterocycles. The lowest BCUT2D eigenvalue weighted by Crippen LogP contribution is -1.64. The Morgan fingerprint density at radius 1 is 0.769 bits per heavy atom. The second-order valence-corrected chi connectivity index (χ2v) is 2.71. The minimum Gasteiger partial charge on any atom is -0.0877 e. The van der Waals surface area contributed by atoms with E-state index in [0.717, 1.165) is 0 Å². The Morgan fingerprint density at radius 2 is 1.38 bits per heavy atom. The van der Waals surface area contributed by atoms with Gasteiger partial charge in [0.15, 0.2) is 0 Å². The van der Waals surface area contributed by atoms with Crippen LogP contribution in [-0.2, 0) is 0 Å². The highest BCUT2D eigenvalue weighted by atomic mass is 13.8. The summed E-state index contributed by atoms with van der Waals surface area (Å²) in [6.45, 7) is 6.10. The molecule has 0 aromatic rings. The van der Waals surface area contributed by atoms with E-state index in [0.29, 0.717) is 0 Å².